The number of likely N-dealkylation sites (tertiary alicyclic amines) is 1. The van der Waals surface area contributed by atoms with Crippen LogP contribution in [0.1, 0.15) is 23.2 Å². The molecule has 0 aromatic carbocycles. The van der Waals surface area contributed by atoms with Crippen LogP contribution in [0.2, 0.25) is 0 Å². The second-order valence-electron chi connectivity index (χ2n) is 4.50. The maximum atomic E-state index is 12.4. The second-order valence-corrected chi connectivity index (χ2v) is 4.50. The van der Waals surface area contributed by atoms with Crippen LogP contribution in [0.15, 0.2) is 18.5 Å². The maximum absolute atomic E-state index is 12.4. The van der Waals surface area contributed by atoms with Gasteiger partial charge in [-0.3, -0.25) is 14.6 Å². The molecule has 1 aliphatic rings. The number of carboxylic acids is 1. The van der Waals surface area contributed by atoms with Crippen molar-refractivity contribution < 1.29 is 19.4 Å². The summed E-state index contributed by atoms with van der Waals surface area (Å²) in [7, 11) is 1.48. The number of amides is 1. The standard InChI is InChI=1S/C13H16N2O4/c1-19-11-7-14-5-4-10(11)12(16)15-6-2-3-9(8-15)13(17)18/h4-5,7,9H,2-3,6,8H2,1H3,(H,17,18). The predicted octanol–water partition coefficient (Wildman–Crippen LogP) is 1.03. The summed E-state index contributed by atoms with van der Waals surface area (Å²) in [6, 6.07) is 1.59. The van der Waals surface area contributed by atoms with E-state index in [1.165, 1.54) is 19.5 Å². The monoisotopic (exact) mass is 264 g/mol. The normalized spacial score (nSPS) is 19.0. The quantitative estimate of drug-likeness (QED) is 0.882. The van der Waals surface area contributed by atoms with Gasteiger partial charge >= 0.3 is 5.97 Å². The van der Waals surface area contributed by atoms with Crippen molar-refractivity contribution in [1.29, 1.82) is 0 Å². The third-order valence-electron chi connectivity index (χ3n) is 3.29. The van der Waals surface area contributed by atoms with Gasteiger partial charge in [0.1, 0.15) is 5.75 Å². The van der Waals surface area contributed by atoms with Gasteiger partial charge in [0.05, 0.1) is 24.8 Å². The molecule has 6 heteroatoms. The minimum Gasteiger partial charge on any atom is -0.494 e. The molecule has 0 aliphatic carbocycles. The molecule has 0 spiro atoms. The van der Waals surface area contributed by atoms with Crippen molar-refractivity contribution in [3.8, 4) is 5.75 Å². The van der Waals surface area contributed by atoms with E-state index in [0.717, 1.165) is 0 Å². The van der Waals surface area contributed by atoms with Crippen LogP contribution in [-0.4, -0.2) is 47.1 Å². The number of carbonyl (C=O) groups is 2. The van der Waals surface area contributed by atoms with E-state index in [-0.39, 0.29) is 12.5 Å². The van der Waals surface area contributed by atoms with Gasteiger partial charge in [-0.15, -0.1) is 0 Å². The van der Waals surface area contributed by atoms with Gasteiger partial charge in [0.15, 0.2) is 0 Å². The Morgan fingerprint density at radius 3 is 3.00 bits per heavy atom. The first-order valence-corrected chi connectivity index (χ1v) is 6.13. The number of pyridine rings is 1. The maximum Gasteiger partial charge on any atom is 0.308 e. The van der Waals surface area contributed by atoms with Crippen molar-refractivity contribution in [2.45, 2.75) is 12.8 Å². The molecule has 1 N–H and O–H groups in total. The first-order chi connectivity index (χ1) is 9.13. The van der Waals surface area contributed by atoms with Gasteiger partial charge in [-0.1, -0.05) is 0 Å². The third-order valence-corrected chi connectivity index (χ3v) is 3.29. The van der Waals surface area contributed by atoms with Crippen LogP contribution in [-0.2, 0) is 4.79 Å². The van der Waals surface area contributed by atoms with Gasteiger partial charge in [0.25, 0.3) is 5.91 Å². The summed E-state index contributed by atoms with van der Waals surface area (Å²) in [4.78, 5) is 28.8. The SMILES string of the molecule is COc1cnccc1C(=O)N1CCCC(C(=O)O)C1. The highest BCUT2D eigenvalue weighted by atomic mass is 16.5. The van der Waals surface area contributed by atoms with Gasteiger partial charge in [-0.2, -0.15) is 0 Å². The molecule has 1 atom stereocenters. The van der Waals surface area contributed by atoms with Crippen LogP contribution < -0.4 is 4.74 Å². The third kappa shape index (κ3) is 2.83. The number of methoxy groups -OCH3 is 1. The average molecular weight is 264 g/mol. The fourth-order valence-corrected chi connectivity index (χ4v) is 2.25. The molecule has 1 aromatic rings. The Labute approximate surface area is 111 Å². The molecule has 2 rings (SSSR count). The molecule has 1 aromatic heterocycles. The first kappa shape index (κ1) is 13.3. The Kier molecular flexibility index (Phi) is 3.99. The molecular formula is C13H16N2O4. The molecule has 1 saturated heterocycles. The lowest BCUT2D eigenvalue weighted by atomic mass is 9.97. The summed E-state index contributed by atoms with van der Waals surface area (Å²) in [5.74, 6) is -1.13. The Hall–Kier alpha value is -2.11. The van der Waals surface area contributed by atoms with Crippen molar-refractivity contribution in [2.24, 2.45) is 5.92 Å². The second kappa shape index (κ2) is 5.69. The van der Waals surface area contributed by atoms with Crippen LogP contribution in [0, 0.1) is 5.92 Å². The van der Waals surface area contributed by atoms with Gasteiger partial charge < -0.3 is 14.7 Å². The van der Waals surface area contributed by atoms with E-state index in [1.807, 2.05) is 0 Å². The number of carbonyl (C=O) groups excluding carboxylic acids is 1. The van der Waals surface area contributed by atoms with Gasteiger partial charge in [-0.05, 0) is 18.9 Å². The Morgan fingerprint density at radius 1 is 1.53 bits per heavy atom. The fraction of sp³-hybridized carbons (Fsp3) is 0.462. The van der Waals surface area contributed by atoms with Crippen molar-refractivity contribution in [3.05, 3.63) is 24.0 Å². The number of carboxylic acid groups (broad SMARTS) is 1. The summed E-state index contributed by atoms with van der Waals surface area (Å²) >= 11 is 0. The fourth-order valence-electron chi connectivity index (χ4n) is 2.25. The van der Waals surface area contributed by atoms with Crippen molar-refractivity contribution in [3.63, 3.8) is 0 Å². The van der Waals surface area contributed by atoms with Gasteiger partial charge in [-0.25, -0.2) is 0 Å². The zero-order valence-electron chi connectivity index (χ0n) is 10.7. The highest BCUT2D eigenvalue weighted by Gasteiger charge is 2.29. The molecule has 19 heavy (non-hydrogen) atoms. The van der Waals surface area contributed by atoms with Gasteiger partial charge in [0, 0.05) is 19.3 Å². The molecule has 1 unspecified atom stereocenters. The van der Waals surface area contributed by atoms with Crippen LogP contribution in [0.4, 0.5) is 0 Å². The minimum atomic E-state index is -0.848. The molecule has 2 heterocycles. The summed E-state index contributed by atoms with van der Waals surface area (Å²) < 4.78 is 5.11. The highest BCUT2D eigenvalue weighted by molar-refractivity contribution is 5.97. The topological polar surface area (TPSA) is 79.7 Å². The van der Waals surface area contributed by atoms with E-state index in [1.54, 1.807) is 11.0 Å². The summed E-state index contributed by atoms with van der Waals surface area (Å²) in [5, 5.41) is 9.04. The molecule has 0 saturated carbocycles. The first-order valence-electron chi connectivity index (χ1n) is 6.13. The molecule has 102 valence electrons. The van der Waals surface area contributed by atoms with Crippen LogP contribution in [0.3, 0.4) is 0 Å². The van der Waals surface area contributed by atoms with Crippen molar-refractivity contribution in [1.82, 2.24) is 9.88 Å². The molecule has 6 nitrogen and oxygen atoms in total. The largest absolute Gasteiger partial charge is 0.494 e. The average Bonchev–Trinajstić information content (AvgIpc) is 2.46. The number of rotatable bonds is 3. The smallest absolute Gasteiger partial charge is 0.308 e. The molecule has 1 amide bonds. The van der Waals surface area contributed by atoms with Crippen molar-refractivity contribution in [2.75, 3.05) is 20.2 Å². The number of nitrogens with zero attached hydrogens (tertiary/aromatic N) is 2. The molecular weight excluding hydrogens is 248 g/mol. The van der Waals surface area contributed by atoms with E-state index in [2.05, 4.69) is 4.98 Å². The zero-order valence-corrected chi connectivity index (χ0v) is 10.7. The number of aliphatic carboxylic acids is 1. The number of hydrogen-bond donors (Lipinski definition) is 1. The lowest BCUT2D eigenvalue weighted by molar-refractivity contribution is -0.143. The van der Waals surface area contributed by atoms with E-state index in [0.29, 0.717) is 30.7 Å². The van der Waals surface area contributed by atoms with Crippen LogP contribution in [0.25, 0.3) is 0 Å². The summed E-state index contributed by atoms with van der Waals surface area (Å²) in [6.07, 6.45) is 4.32. The molecule has 1 fully saturated rings. The van der Waals surface area contributed by atoms with E-state index in [9.17, 15) is 9.59 Å². The van der Waals surface area contributed by atoms with E-state index >= 15 is 0 Å². The highest BCUT2D eigenvalue weighted by Crippen LogP contribution is 2.22. The van der Waals surface area contributed by atoms with E-state index < -0.39 is 11.9 Å². The summed E-state index contributed by atoms with van der Waals surface area (Å²) in [5.41, 5.74) is 0.420. The lowest BCUT2D eigenvalue weighted by Crippen LogP contribution is -2.42. The van der Waals surface area contributed by atoms with Crippen LogP contribution >= 0.6 is 0 Å². The Balaban J connectivity index is 2.17. The number of aromatic nitrogens is 1. The number of piperidine rings is 1. The van der Waals surface area contributed by atoms with E-state index in [4.69, 9.17) is 9.84 Å². The Bertz CT molecular complexity index is 489. The lowest BCUT2D eigenvalue weighted by Gasteiger charge is -2.31. The zero-order chi connectivity index (χ0) is 13.8. The number of hydrogen-bond acceptors (Lipinski definition) is 4. The minimum absolute atomic E-state index is 0.204. The molecule has 1 aliphatic heterocycles. The van der Waals surface area contributed by atoms with Crippen molar-refractivity contribution >= 4 is 11.9 Å². The Morgan fingerprint density at radius 2 is 2.32 bits per heavy atom. The van der Waals surface area contributed by atoms with Crippen LogP contribution in [0.5, 0.6) is 5.75 Å². The predicted molar refractivity (Wildman–Crippen MR) is 67.1 cm³/mol. The molecule has 0 radical (unpaired) electrons. The number of ether oxygens (including phenoxy) is 1. The molecule has 0 bridgehead atoms. The summed E-state index contributed by atoms with van der Waals surface area (Å²) in [6.45, 7) is 0.827. The van der Waals surface area contributed by atoms with Gasteiger partial charge in [0.2, 0.25) is 0 Å².